The molecule has 17 heavy (non-hydrogen) atoms. The molecule has 0 bridgehead atoms. The summed E-state index contributed by atoms with van der Waals surface area (Å²) in [4.78, 5) is 22.1. The molecule has 1 aliphatic carbocycles. The zero-order chi connectivity index (χ0) is 12.3. The van der Waals surface area contributed by atoms with Crippen LogP contribution in [-0.4, -0.2) is 29.5 Å². The first kappa shape index (κ1) is 11.9. The summed E-state index contributed by atoms with van der Waals surface area (Å²) in [5, 5.41) is 0. The lowest BCUT2D eigenvalue weighted by molar-refractivity contribution is -0.122. The van der Waals surface area contributed by atoms with Crippen molar-refractivity contribution >= 4 is 11.7 Å². The Kier molecular flexibility index (Phi) is 3.58. The minimum absolute atomic E-state index is 0.0532. The summed E-state index contributed by atoms with van der Waals surface area (Å²) in [6.45, 7) is 1.02. The van der Waals surface area contributed by atoms with Gasteiger partial charge in [-0.05, 0) is 18.9 Å². The minimum Gasteiger partial charge on any atom is -0.370 e. The molecule has 1 aliphatic rings. The number of ketones is 1. The Hall–Kier alpha value is -1.62. The summed E-state index contributed by atoms with van der Waals surface area (Å²) in [5.74, 6) is -0.238. The number of nitrogens with two attached hydrogens (primary N) is 1. The van der Waals surface area contributed by atoms with Crippen molar-refractivity contribution in [2.24, 2.45) is 5.73 Å². The summed E-state index contributed by atoms with van der Waals surface area (Å²) < 4.78 is 7.13. The molecule has 0 radical (unpaired) electrons. The molecular formula is C12H16N2O3. The van der Waals surface area contributed by atoms with Gasteiger partial charge < -0.3 is 15.0 Å². The molecule has 0 fully saturated rings. The predicted molar refractivity (Wildman–Crippen MR) is 61.7 cm³/mol. The van der Waals surface area contributed by atoms with Crippen LogP contribution in [0.4, 0.5) is 0 Å². The van der Waals surface area contributed by atoms with Crippen molar-refractivity contribution < 1.29 is 14.3 Å². The minimum atomic E-state index is -0.463. The Labute approximate surface area is 99.5 Å². The van der Waals surface area contributed by atoms with Gasteiger partial charge in [0.05, 0.1) is 6.61 Å². The average Bonchev–Trinajstić information content (AvgIpc) is 2.69. The Morgan fingerprint density at radius 3 is 3.06 bits per heavy atom. The molecule has 0 aliphatic heterocycles. The maximum absolute atomic E-state index is 11.6. The number of carbonyl (C=O) groups is 2. The van der Waals surface area contributed by atoms with Gasteiger partial charge in [0.15, 0.2) is 5.78 Å². The van der Waals surface area contributed by atoms with Crippen molar-refractivity contribution in [1.82, 2.24) is 4.57 Å². The second-order valence-electron chi connectivity index (χ2n) is 4.17. The van der Waals surface area contributed by atoms with E-state index in [1.54, 1.807) is 0 Å². The molecule has 0 spiro atoms. The largest absolute Gasteiger partial charge is 0.370 e. The van der Waals surface area contributed by atoms with Gasteiger partial charge in [-0.2, -0.15) is 0 Å². The highest BCUT2D eigenvalue weighted by atomic mass is 16.5. The van der Waals surface area contributed by atoms with E-state index in [9.17, 15) is 9.59 Å². The van der Waals surface area contributed by atoms with Gasteiger partial charge >= 0.3 is 0 Å². The number of rotatable bonds is 5. The van der Waals surface area contributed by atoms with Crippen LogP contribution in [0.1, 0.15) is 28.9 Å². The molecule has 1 aromatic rings. The fourth-order valence-corrected chi connectivity index (χ4v) is 2.13. The number of fused-ring (bicyclic) bond motifs is 1. The Bertz CT molecular complexity index is 437. The molecule has 2 N–H and O–H groups in total. The fraction of sp³-hybridized carbons (Fsp3) is 0.500. The number of carbonyl (C=O) groups excluding carboxylic acids is 2. The molecule has 0 aromatic carbocycles. The molecule has 0 saturated carbocycles. The second-order valence-corrected chi connectivity index (χ2v) is 4.17. The van der Waals surface area contributed by atoms with E-state index in [0.29, 0.717) is 19.6 Å². The summed E-state index contributed by atoms with van der Waals surface area (Å²) >= 11 is 0. The number of primary amides is 1. The highest BCUT2D eigenvalue weighted by Crippen LogP contribution is 2.22. The predicted octanol–water partition coefficient (Wildman–Crippen LogP) is 0.509. The van der Waals surface area contributed by atoms with E-state index in [-0.39, 0.29) is 12.4 Å². The zero-order valence-electron chi connectivity index (χ0n) is 9.65. The fourth-order valence-electron chi connectivity index (χ4n) is 2.13. The van der Waals surface area contributed by atoms with Crippen LogP contribution in [-0.2, 0) is 22.5 Å². The maximum Gasteiger partial charge on any atom is 0.243 e. The molecule has 1 aromatic heterocycles. The highest BCUT2D eigenvalue weighted by Gasteiger charge is 2.20. The standard InChI is InChI=1S/C12H16N2O3/c13-12(16)8-17-7-6-14-5-4-9-10(14)2-1-3-11(9)15/h4-5H,1-3,6-8H2,(H2,13,16). The zero-order valence-corrected chi connectivity index (χ0v) is 9.65. The van der Waals surface area contributed by atoms with E-state index in [4.69, 9.17) is 10.5 Å². The molecule has 0 unspecified atom stereocenters. The molecule has 1 amide bonds. The average molecular weight is 236 g/mol. The third kappa shape index (κ3) is 2.74. The van der Waals surface area contributed by atoms with Crippen LogP contribution in [0.25, 0.3) is 0 Å². The van der Waals surface area contributed by atoms with Gasteiger partial charge in [-0.3, -0.25) is 9.59 Å². The third-order valence-corrected chi connectivity index (χ3v) is 2.92. The summed E-state index contributed by atoms with van der Waals surface area (Å²) in [7, 11) is 0. The molecule has 2 rings (SSSR count). The van der Waals surface area contributed by atoms with E-state index >= 15 is 0 Å². The molecule has 5 nitrogen and oxygen atoms in total. The lowest BCUT2D eigenvalue weighted by Gasteiger charge is -2.14. The van der Waals surface area contributed by atoms with Crippen LogP contribution in [0.15, 0.2) is 12.3 Å². The lowest BCUT2D eigenvalue weighted by atomic mass is 9.97. The van der Waals surface area contributed by atoms with Gasteiger partial charge in [0.1, 0.15) is 6.61 Å². The van der Waals surface area contributed by atoms with Gasteiger partial charge in [0.2, 0.25) is 5.91 Å². The molecule has 92 valence electrons. The Morgan fingerprint density at radius 1 is 1.47 bits per heavy atom. The van der Waals surface area contributed by atoms with E-state index in [1.165, 1.54) is 0 Å². The van der Waals surface area contributed by atoms with Crippen molar-refractivity contribution in [1.29, 1.82) is 0 Å². The molecule has 0 atom stereocenters. The molecule has 5 heteroatoms. The van der Waals surface area contributed by atoms with Crippen molar-refractivity contribution in [2.45, 2.75) is 25.8 Å². The number of nitrogens with zero attached hydrogens (tertiary/aromatic N) is 1. The van der Waals surface area contributed by atoms with E-state index in [2.05, 4.69) is 0 Å². The third-order valence-electron chi connectivity index (χ3n) is 2.92. The second kappa shape index (κ2) is 5.14. The van der Waals surface area contributed by atoms with E-state index in [0.717, 1.165) is 24.1 Å². The monoisotopic (exact) mass is 236 g/mol. The van der Waals surface area contributed by atoms with Crippen LogP contribution < -0.4 is 5.73 Å². The maximum atomic E-state index is 11.6. The molecular weight excluding hydrogens is 220 g/mol. The van der Waals surface area contributed by atoms with Gasteiger partial charge in [0.25, 0.3) is 0 Å². The Morgan fingerprint density at radius 2 is 2.29 bits per heavy atom. The van der Waals surface area contributed by atoms with Crippen LogP contribution in [0.2, 0.25) is 0 Å². The summed E-state index contributed by atoms with van der Waals surface area (Å²) in [6, 6.07) is 1.87. The number of ether oxygens (including phenoxy) is 1. The van der Waals surface area contributed by atoms with E-state index in [1.807, 2.05) is 16.8 Å². The van der Waals surface area contributed by atoms with Crippen molar-refractivity contribution in [3.8, 4) is 0 Å². The molecule has 1 heterocycles. The number of Topliss-reactive ketones (excluding diaryl/α,β-unsaturated/α-hetero) is 1. The summed E-state index contributed by atoms with van der Waals surface area (Å²) in [5.41, 5.74) is 6.89. The van der Waals surface area contributed by atoms with Crippen LogP contribution in [0.5, 0.6) is 0 Å². The van der Waals surface area contributed by atoms with Crippen LogP contribution >= 0.6 is 0 Å². The van der Waals surface area contributed by atoms with Crippen molar-refractivity contribution in [3.05, 3.63) is 23.5 Å². The van der Waals surface area contributed by atoms with Gasteiger partial charge in [-0.25, -0.2) is 0 Å². The first-order valence-corrected chi connectivity index (χ1v) is 5.75. The number of hydrogen-bond acceptors (Lipinski definition) is 3. The number of hydrogen-bond donors (Lipinski definition) is 1. The van der Waals surface area contributed by atoms with Crippen LogP contribution in [0, 0.1) is 0 Å². The lowest BCUT2D eigenvalue weighted by Crippen LogP contribution is -2.20. The topological polar surface area (TPSA) is 74.3 Å². The van der Waals surface area contributed by atoms with Crippen LogP contribution in [0.3, 0.4) is 0 Å². The first-order valence-electron chi connectivity index (χ1n) is 5.75. The Balaban J connectivity index is 1.93. The SMILES string of the molecule is NC(=O)COCCn1ccc2c1CCCC2=O. The van der Waals surface area contributed by atoms with Crippen molar-refractivity contribution in [3.63, 3.8) is 0 Å². The quantitative estimate of drug-likeness (QED) is 0.757. The first-order chi connectivity index (χ1) is 8.18. The van der Waals surface area contributed by atoms with Gasteiger partial charge in [0, 0.05) is 30.4 Å². The van der Waals surface area contributed by atoms with Crippen molar-refractivity contribution in [2.75, 3.05) is 13.2 Å². The number of aromatic nitrogens is 1. The smallest absolute Gasteiger partial charge is 0.243 e. The molecule has 0 saturated heterocycles. The van der Waals surface area contributed by atoms with E-state index < -0.39 is 5.91 Å². The van der Waals surface area contributed by atoms with Gasteiger partial charge in [-0.15, -0.1) is 0 Å². The van der Waals surface area contributed by atoms with Gasteiger partial charge in [-0.1, -0.05) is 0 Å². The normalized spacial score (nSPS) is 14.7. The number of amides is 1. The highest BCUT2D eigenvalue weighted by molar-refractivity contribution is 5.98. The summed E-state index contributed by atoms with van der Waals surface area (Å²) in [6.07, 6.45) is 4.40.